The Hall–Kier alpha value is -2.25. The van der Waals surface area contributed by atoms with E-state index in [1.807, 2.05) is 29.2 Å². The number of carbonyl (C=O) groups excluding carboxylic acids is 1. The molecule has 2 aromatic heterocycles. The molecule has 7 heteroatoms. The summed E-state index contributed by atoms with van der Waals surface area (Å²) >= 11 is 0. The summed E-state index contributed by atoms with van der Waals surface area (Å²) in [5, 5.41) is 3.97. The Kier molecular flexibility index (Phi) is 4.64. The number of amides is 1. The Morgan fingerprint density at radius 2 is 2.18 bits per heavy atom. The van der Waals surface area contributed by atoms with Crippen LogP contribution >= 0.6 is 0 Å². The SMILES string of the molecule is O=C(c1cc(C2CC2)on1)N1CC2(C1)OCCC2CCOCc1ccccn1. The second-order valence-electron chi connectivity index (χ2n) is 8.11. The third-order valence-corrected chi connectivity index (χ3v) is 6.12. The lowest BCUT2D eigenvalue weighted by molar-refractivity contribution is -0.121. The second-order valence-corrected chi connectivity index (χ2v) is 8.11. The number of hydrogen-bond donors (Lipinski definition) is 0. The zero-order chi connectivity index (χ0) is 19.0. The molecule has 1 spiro atoms. The highest BCUT2D eigenvalue weighted by molar-refractivity contribution is 5.93. The molecule has 7 nitrogen and oxygen atoms in total. The smallest absolute Gasteiger partial charge is 0.276 e. The molecule has 0 N–H and O–H groups in total. The van der Waals surface area contributed by atoms with Crippen molar-refractivity contribution in [2.75, 3.05) is 26.3 Å². The molecular formula is C21H25N3O4. The van der Waals surface area contributed by atoms with E-state index in [4.69, 9.17) is 14.0 Å². The molecule has 0 radical (unpaired) electrons. The summed E-state index contributed by atoms with van der Waals surface area (Å²) in [5.41, 5.74) is 1.15. The van der Waals surface area contributed by atoms with Crippen LogP contribution in [-0.2, 0) is 16.1 Å². The topological polar surface area (TPSA) is 77.7 Å². The second kappa shape index (κ2) is 7.29. The monoisotopic (exact) mass is 383 g/mol. The molecule has 0 aromatic carbocycles. The van der Waals surface area contributed by atoms with Gasteiger partial charge in [-0.3, -0.25) is 9.78 Å². The third kappa shape index (κ3) is 3.44. The molecule has 1 saturated carbocycles. The van der Waals surface area contributed by atoms with Crippen LogP contribution < -0.4 is 0 Å². The van der Waals surface area contributed by atoms with Gasteiger partial charge in [-0.15, -0.1) is 0 Å². The fourth-order valence-electron chi connectivity index (χ4n) is 4.28. The number of ether oxygens (including phenoxy) is 2. The molecule has 1 unspecified atom stereocenters. The number of carbonyl (C=O) groups is 1. The van der Waals surface area contributed by atoms with Gasteiger partial charge >= 0.3 is 0 Å². The van der Waals surface area contributed by atoms with Gasteiger partial charge < -0.3 is 18.9 Å². The standard InChI is InChI=1S/C21H25N3O4/c25-20(18-11-19(28-23-18)15-4-5-15)24-13-21(14-24)16(7-10-27-21)6-9-26-12-17-3-1-2-8-22-17/h1-3,8,11,15-16H,4-7,9-10,12-14H2. The molecule has 1 aliphatic carbocycles. The van der Waals surface area contributed by atoms with Crippen molar-refractivity contribution in [3.8, 4) is 0 Å². The summed E-state index contributed by atoms with van der Waals surface area (Å²) in [4.78, 5) is 18.8. The van der Waals surface area contributed by atoms with Crippen LogP contribution in [0.25, 0.3) is 0 Å². The van der Waals surface area contributed by atoms with E-state index in [-0.39, 0.29) is 11.5 Å². The normalized spacial score (nSPS) is 23.1. The van der Waals surface area contributed by atoms with Gasteiger partial charge in [-0.25, -0.2) is 0 Å². The minimum absolute atomic E-state index is 0.0538. The van der Waals surface area contributed by atoms with Gasteiger partial charge in [0.15, 0.2) is 5.69 Å². The summed E-state index contributed by atoms with van der Waals surface area (Å²) in [5.74, 6) is 1.67. The largest absolute Gasteiger partial charge is 0.375 e. The van der Waals surface area contributed by atoms with Crippen LogP contribution in [0.15, 0.2) is 35.0 Å². The first kappa shape index (κ1) is 17.8. The highest BCUT2D eigenvalue weighted by Crippen LogP contribution is 2.43. The first-order valence-electron chi connectivity index (χ1n) is 10.1. The number of likely N-dealkylation sites (tertiary alicyclic amines) is 1. The van der Waals surface area contributed by atoms with Crippen LogP contribution in [0.1, 0.15) is 53.5 Å². The van der Waals surface area contributed by atoms with Crippen molar-refractivity contribution in [3.05, 3.63) is 47.6 Å². The van der Waals surface area contributed by atoms with Crippen molar-refractivity contribution >= 4 is 5.91 Å². The van der Waals surface area contributed by atoms with Crippen LogP contribution in [0.2, 0.25) is 0 Å². The predicted octanol–water partition coefficient (Wildman–Crippen LogP) is 2.79. The molecule has 3 aliphatic rings. The van der Waals surface area contributed by atoms with E-state index < -0.39 is 0 Å². The van der Waals surface area contributed by atoms with Gasteiger partial charge in [0.2, 0.25) is 0 Å². The van der Waals surface area contributed by atoms with Crippen molar-refractivity contribution in [3.63, 3.8) is 0 Å². The van der Waals surface area contributed by atoms with Crippen LogP contribution in [0.5, 0.6) is 0 Å². The first-order valence-corrected chi connectivity index (χ1v) is 10.1. The zero-order valence-electron chi connectivity index (χ0n) is 15.9. The van der Waals surface area contributed by atoms with E-state index in [2.05, 4.69) is 10.1 Å². The zero-order valence-corrected chi connectivity index (χ0v) is 15.9. The number of aromatic nitrogens is 2. The minimum Gasteiger partial charge on any atom is -0.375 e. The fraction of sp³-hybridized carbons (Fsp3) is 0.571. The first-order chi connectivity index (χ1) is 13.7. The predicted molar refractivity (Wildman–Crippen MR) is 99.7 cm³/mol. The maximum absolute atomic E-state index is 12.7. The lowest BCUT2D eigenvalue weighted by Crippen LogP contribution is -2.66. The molecular weight excluding hydrogens is 358 g/mol. The molecule has 5 rings (SSSR count). The summed E-state index contributed by atoms with van der Waals surface area (Å²) in [6, 6.07) is 7.64. The van der Waals surface area contributed by atoms with Crippen LogP contribution in [-0.4, -0.2) is 52.9 Å². The van der Waals surface area contributed by atoms with E-state index in [0.717, 1.165) is 43.7 Å². The maximum atomic E-state index is 12.7. The summed E-state index contributed by atoms with van der Waals surface area (Å²) in [6.07, 6.45) is 6.00. The van der Waals surface area contributed by atoms with Gasteiger partial charge in [0.05, 0.1) is 25.4 Å². The van der Waals surface area contributed by atoms with Gasteiger partial charge in [0, 0.05) is 31.4 Å². The Bertz CT molecular complexity index is 827. The van der Waals surface area contributed by atoms with Crippen molar-refractivity contribution in [1.82, 2.24) is 15.0 Å². The van der Waals surface area contributed by atoms with Gasteiger partial charge in [0.25, 0.3) is 5.91 Å². The lowest BCUT2D eigenvalue weighted by atomic mass is 9.79. The highest BCUT2D eigenvalue weighted by Gasteiger charge is 2.54. The molecule has 0 bridgehead atoms. The molecule has 2 aliphatic heterocycles. The van der Waals surface area contributed by atoms with Crippen LogP contribution in [0, 0.1) is 5.92 Å². The van der Waals surface area contributed by atoms with Crippen LogP contribution in [0.4, 0.5) is 0 Å². The molecule has 1 atom stereocenters. The van der Waals surface area contributed by atoms with Gasteiger partial charge in [-0.05, 0) is 43.7 Å². The van der Waals surface area contributed by atoms with Gasteiger partial charge in [-0.1, -0.05) is 11.2 Å². The Labute approximate surface area is 164 Å². The van der Waals surface area contributed by atoms with E-state index in [1.54, 1.807) is 6.20 Å². The van der Waals surface area contributed by atoms with Gasteiger partial charge in [-0.2, -0.15) is 0 Å². The molecule has 1 amide bonds. The van der Waals surface area contributed by atoms with Crippen molar-refractivity contribution in [2.24, 2.45) is 5.92 Å². The van der Waals surface area contributed by atoms with E-state index in [9.17, 15) is 4.79 Å². The Balaban J connectivity index is 1.11. The van der Waals surface area contributed by atoms with E-state index >= 15 is 0 Å². The number of pyridine rings is 1. The summed E-state index contributed by atoms with van der Waals surface area (Å²) in [7, 11) is 0. The average Bonchev–Trinajstić information content (AvgIpc) is 3.26. The third-order valence-electron chi connectivity index (χ3n) is 6.12. The fourth-order valence-corrected chi connectivity index (χ4v) is 4.28. The molecule has 4 heterocycles. The molecule has 28 heavy (non-hydrogen) atoms. The Morgan fingerprint density at radius 1 is 1.29 bits per heavy atom. The average molecular weight is 383 g/mol. The summed E-state index contributed by atoms with van der Waals surface area (Å²) < 4.78 is 17.2. The maximum Gasteiger partial charge on any atom is 0.276 e. The van der Waals surface area contributed by atoms with Crippen molar-refractivity contribution in [1.29, 1.82) is 0 Å². The number of rotatable bonds is 7. The van der Waals surface area contributed by atoms with Crippen LogP contribution in [0.3, 0.4) is 0 Å². The highest BCUT2D eigenvalue weighted by atomic mass is 16.5. The molecule has 3 fully saturated rings. The minimum atomic E-state index is -0.215. The van der Waals surface area contributed by atoms with Crippen molar-refractivity contribution < 1.29 is 18.8 Å². The lowest BCUT2D eigenvalue weighted by Gasteiger charge is -2.50. The molecule has 148 valence electrons. The Morgan fingerprint density at radius 3 is 2.96 bits per heavy atom. The summed E-state index contributed by atoms with van der Waals surface area (Å²) in [6.45, 7) is 3.21. The van der Waals surface area contributed by atoms with Crippen molar-refractivity contribution in [2.45, 2.75) is 43.8 Å². The van der Waals surface area contributed by atoms with E-state index in [1.165, 1.54) is 0 Å². The number of hydrogen-bond acceptors (Lipinski definition) is 6. The van der Waals surface area contributed by atoms with Gasteiger partial charge in [0.1, 0.15) is 11.4 Å². The quantitative estimate of drug-likeness (QED) is 0.684. The van der Waals surface area contributed by atoms with E-state index in [0.29, 0.717) is 43.8 Å². The molecule has 2 aromatic rings. The number of nitrogens with zero attached hydrogens (tertiary/aromatic N) is 3. The molecule has 2 saturated heterocycles.